The Morgan fingerprint density at radius 1 is 0.500 bits per heavy atom. The van der Waals surface area contributed by atoms with E-state index in [1.54, 1.807) is 46.7 Å². The smallest absolute Gasteiger partial charge is 0.309 e. The summed E-state index contributed by atoms with van der Waals surface area (Å²) in [7, 11) is 0. The van der Waals surface area contributed by atoms with E-state index in [0.717, 1.165) is 53.9 Å². The number of carboxylic acid groups (broad SMARTS) is 2. The first-order valence-corrected chi connectivity index (χ1v) is 30.8. The molecule has 6 fully saturated rings. The van der Waals surface area contributed by atoms with Gasteiger partial charge in [0.1, 0.15) is 36.1 Å². The third kappa shape index (κ3) is 10.8. The molecule has 4 aromatic heterocycles. The Bertz CT molecular complexity index is 3870. The number of ketones is 2. The molecule has 2 amide bonds. The van der Waals surface area contributed by atoms with Gasteiger partial charge in [-0.1, -0.05) is 82.2 Å². The second-order valence-corrected chi connectivity index (χ2v) is 25.8. The minimum absolute atomic E-state index is 0.0250. The molecule has 0 saturated heterocycles. The Morgan fingerprint density at radius 3 is 1.21 bits per heavy atom. The molecule has 90 heavy (non-hydrogen) atoms. The van der Waals surface area contributed by atoms with Gasteiger partial charge in [-0.15, -0.1) is 10.2 Å². The van der Waals surface area contributed by atoms with E-state index in [9.17, 15) is 47.8 Å². The number of benzene rings is 4. The van der Waals surface area contributed by atoms with Crippen molar-refractivity contribution in [2.24, 2.45) is 21.7 Å². The van der Waals surface area contributed by atoms with Gasteiger partial charge < -0.3 is 20.0 Å². The van der Waals surface area contributed by atoms with Gasteiger partial charge in [0.2, 0.25) is 0 Å². The monoisotopic (exact) mass is 1260 g/mol. The number of hydrogen-bond donors (Lipinski definition) is 2. The number of aliphatic carboxylic acids is 2. The molecular formula is C66H60Cl2F2N12O8. The average molecular weight is 1260 g/mol. The molecule has 460 valence electrons. The Labute approximate surface area is 524 Å². The van der Waals surface area contributed by atoms with Crippen LogP contribution in [0.1, 0.15) is 145 Å². The lowest BCUT2D eigenvalue weighted by Gasteiger charge is -2.51. The van der Waals surface area contributed by atoms with E-state index in [0.29, 0.717) is 89.9 Å². The molecule has 0 spiro atoms. The number of carbonyl (C=O) groups excluding carboxylic acids is 4. The first-order valence-electron chi connectivity index (χ1n) is 30.0. The van der Waals surface area contributed by atoms with Crippen LogP contribution in [0.5, 0.6) is 0 Å². The fraction of sp³-hybridized carbons (Fsp3) is 0.364. The highest BCUT2D eigenvalue weighted by Crippen LogP contribution is 2.60. The summed E-state index contributed by atoms with van der Waals surface area (Å²) >= 11 is 11.9. The lowest BCUT2D eigenvalue weighted by molar-refractivity contribution is -0.160. The van der Waals surface area contributed by atoms with Crippen LogP contribution in [0.25, 0.3) is 33.6 Å². The maximum absolute atomic E-state index is 14.7. The lowest BCUT2D eigenvalue weighted by Crippen LogP contribution is -2.49. The number of halogens is 4. The standard InChI is InChI=1S/2C33H30ClFN6O4/c2*34-24-5-2-6-26(28(24)35)41-18-25(38-39-41)30(43)40-14-7-22-21(20-16-36-19-37-17-20)3-1-4-23(22)29(40)27(42)15-32-8-11-33(12-9-32,13-10-32)31(44)45/h2*1-6,16-19,29H,7-15H2,(H,44,45). The van der Waals surface area contributed by atoms with Crippen molar-refractivity contribution < 1.29 is 47.8 Å². The predicted molar refractivity (Wildman–Crippen MR) is 322 cm³/mol. The van der Waals surface area contributed by atoms with Gasteiger partial charge in [0.15, 0.2) is 34.6 Å². The molecule has 16 rings (SSSR count). The third-order valence-corrected chi connectivity index (χ3v) is 20.9. The van der Waals surface area contributed by atoms with Crippen molar-refractivity contribution in [2.45, 2.75) is 115 Å². The summed E-state index contributed by atoms with van der Waals surface area (Å²) in [6, 6.07) is 18.6. The van der Waals surface area contributed by atoms with Crippen LogP contribution in [-0.4, -0.2) is 118 Å². The number of amides is 2. The predicted octanol–water partition coefficient (Wildman–Crippen LogP) is 11.3. The van der Waals surface area contributed by atoms with Gasteiger partial charge >= 0.3 is 11.9 Å². The first-order chi connectivity index (χ1) is 43.4. The summed E-state index contributed by atoms with van der Waals surface area (Å²) in [5.74, 6) is -4.04. The number of rotatable bonds is 14. The van der Waals surface area contributed by atoms with Crippen molar-refractivity contribution in [3.05, 3.63) is 178 Å². The first kappa shape index (κ1) is 59.9. The number of aromatic nitrogens is 10. The van der Waals surface area contributed by atoms with Gasteiger partial charge in [-0.25, -0.2) is 38.1 Å². The molecule has 2 N–H and O–H groups in total. The zero-order valence-electron chi connectivity index (χ0n) is 48.7. The molecule has 2 atom stereocenters. The Morgan fingerprint density at radius 2 is 0.856 bits per heavy atom. The van der Waals surface area contributed by atoms with Crippen molar-refractivity contribution >= 4 is 58.5 Å². The molecule has 0 radical (unpaired) electrons. The zero-order valence-corrected chi connectivity index (χ0v) is 50.2. The molecule has 24 heteroatoms. The highest BCUT2D eigenvalue weighted by Gasteiger charge is 2.56. The number of fused-ring (bicyclic) bond motifs is 8. The second kappa shape index (κ2) is 23.7. The van der Waals surface area contributed by atoms with Crippen LogP contribution in [0.15, 0.2) is 123 Å². The molecule has 20 nitrogen and oxygen atoms in total. The van der Waals surface area contributed by atoms with Gasteiger partial charge in [-0.3, -0.25) is 28.8 Å². The summed E-state index contributed by atoms with van der Waals surface area (Å²) < 4.78 is 31.8. The Balaban J connectivity index is 0.000000165. The van der Waals surface area contributed by atoms with Crippen molar-refractivity contribution in [1.29, 1.82) is 0 Å². The Kier molecular flexibility index (Phi) is 15.8. The summed E-state index contributed by atoms with van der Waals surface area (Å²) in [5.41, 5.74) is 4.89. The van der Waals surface area contributed by atoms with Gasteiger partial charge in [0.05, 0.1) is 33.3 Å². The molecule has 8 aromatic rings. The van der Waals surface area contributed by atoms with E-state index in [1.807, 2.05) is 36.4 Å². The highest BCUT2D eigenvalue weighted by atomic mass is 35.5. The number of nitrogens with zero attached hydrogens (tertiary/aromatic N) is 12. The fourth-order valence-electron chi connectivity index (χ4n) is 15.1. The normalized spacial score (nSPS) is 23.9. The topological polar surface area (TPSA) is 262 Å². The van der Waals surface area contributed by atoms with Crippen molar-refractivity contribution in [1.82, 2.24) is 59.7 Å². The van der Waals surface area contributed by atoms with Crippen LogP contribution < -0.4 is 0 Å². The largest absolute Gasteiger partial charge is 0.481 e. The van der Waals surface area contributed by atoms with Crippen molar-refractivity contribution in [3.8, 4) is 33.6 Å². The number of hydrogen-bond acceptors (Lipinski definition) is 14. The zero-order chi connectivity index (χ0) is 62.7. The van der Waals surface area contributed by atoms with Crippen LogP contribution in [0.2, 0.25) is 10.0 Å². The summed E-state index contributed by atoms with van der Waals surface area (Å²) in [6.07, 6.45) is 21.3. The Hall–Kier alpha value is -9.02. The maximum Gasteiger partial charge on any atom is 0.309 e. The van der Waals surface area contributed by atoms with Crippen molar-refractivity contribution in [3.63, 3.8) is 0 Å². The molecule has 4 aromatic carbocycles. The molecule has 2 aliphatic heterocycles. The highest BCUT2D eigenvalue weighted by molar-refractivity contribution is 6.31. The maximum atomic E-state index is 14.7. The summed E-state index contributed by atoms with van der Waals surface area (Å²) in [4.78, 5) is 101. The van der Waals surface area contributed by atoms with Crippen molar-refractivity contribution in [2.75, 3.05) is 13.1 Å². The summed E-state index contributed by atoms with van der Waals surface area (Å²) in [6.45, 7) is 0.501. The quantitative estimate of drug-likeness (QED) is 0.102. The number of carbonyl (C=O) groups is 6. The molecule has 4 bridgehead atoms. The molecule has 8 aliphatic rings. The molecular weight excluding hydrogens is 1200 g/mol. The van der Waals surface area contributed by atoms with E-state index < -0.39 is 58.3 Å². The van der Waals surface area contributed by atoms with E-state index in [1.165, 1.54) is 49.3 Å². The lowest BCUT2D eigenvalue weighted by atomic mass is 9.52. The molecule has 2 unspecified atom stereocenters. The van der Waals surface area contributed by atoms with E-state index >= 15 is 0 Å². The summed E-state index contributed by atoms with van der Waals surface area (Å²) in [5, 5.41) is 35.6. The number of carboxylic acids is 2. The van der Waals surface area contributed by atoms with Crippen LogP contribution in [-0.2, 0) is 32.0 Å². The molecule has 6 heterocycles. The van der Waals surface area contributed by atoms with Gasteiger partial charge in [-0.05, 0) is 158 Å². The molecule has 6 saturated carbocycles. The van der Waals surface area contributed by atoms with Gasteiger partial charge in [0, 0.05) is 61.8 Å². The van der Waals surface area contributed by atoms with Crippen LogP contribution >= 0.6 is 23.2 Å². The van der Waals surface area contributed by atoms with E-state index in [4.69, 9.17) is 23.2 Å². The minimum Gasteiger partial charge on any atom is -0.481 e. The van der Waals surface area contributed by atoms with Crippen LogP contribution in [0.4, 0.5) is 8.78 Å². The van der Waals surface area contributed by atoms with Crippen LogP contribution in [0, 0.1) is 33.3 Å². The van der Waals surface area contributed by atoms with Crippen LogP contribution in [0.3, 0.4) is 0 Å². The third-order valence-electron chi connectivity index (χ3n) is 20.3. The average Bonchev–Trinajstić information content (AvgIpc) is 1.36. The van der Waals surface area contributed by atoms with Gasteiger partial charge in [-0.2, -0.15) is 0 Å². The second-order valence-electron chi connectivity index (χ2n) is 25.0. The van der Waals surface area contributed by atoms with Gasteiger partial charge in [0.25, 0.3) is 11.8 Å². The van der Waals surface area contributed by atoms with E-state index in [-0.39, 0.29) is 81.1 Å². The van der Waals surface area contributed by atoms with E-state index in [2.05, 4.69) is 40.6 Å². The molecule has 6 aliphatic carbocycles. The fourth-order valence-corrected chi connectivity index (χ4v) is 15.4. The number of Topliss-reactive ketones (excluding diaryl/α,β-unsaturated/α-hetero) is 2. The minimum atomic E-state index is -0.888. The SMILES string of the molecule is O=C(CC12CCC(C(=O)O)(CC1)CC2)C1c2cccc(-c3cncnc3)c2CCN1C(=O)c1cn(-c2cccc(Cl)c2F)nn1.O=C(CC12CCC(C(=O)O)(CC1)CC2)C1c2cccc(-c3cncnc3)c2CCN1C(=O)c1cn(-c2cccc(Cl)c2F)nn1.